The van der Waals surface area contributed by atoms with Gasteiger partial charge in [-0.25, -0.2) is 0 Å². The molecule has 74 valence electrons. The van der Waals surface area contributed by atoms with E-state index in [1.54, 1.807) is 11.1 Å². The van der Waals surface area contributed by atoms with Gasteiger partial charge in [0.1, 0.15) is 5.76 Å². The number of hydrogen-bond donors (Lipinski definition) is 3. The maximum Gasteiger partial charge on any atom is 0.120 e. The summed E-state index contributed by atoms with van der Waals surface area (Å²) in [5, 5.41) is 27.6. The number of rotatable bonds is 2. The third-order valence-corrected chi connectivity index (χ3v) is 2.39. The van der Waals surface area contributed by atoms with Gasteiger partial charge < -0.3 is 20.2 Å². The van der Waals surface area contributed by atoms with Gasteiger partial charge in [-0.15, -0.1) is 0 Å². The molecule has 1 heterocycles. The van der Waals surface area contributed by atoms with Gasteiger partial charge in [-0.2, -0.15) is 0 Å². The Hall–Kier alpha value is -1.00. The predicted molar refractivity (Wildman–Crippen MR) is 49.1 cm³/mol. The van der Waals surface area contributed by atoms with E-state index in [0.717, 1.165) is 0 Å². The number of aliphatic hydroxyl groups excluding tert-OH is 3. The number of nitrogens with zero attached hydrogens (tertiary/aromatic N) is 1. The standard InChI is InChI=1S/C9H15NO3/c1-6-9(13)8(5-12)7(4-11)3-10(6)2/h3,6,11-13H,4-5H2,1-2H3. The normalized spacial score (nSPS) is 23.5. The minimum absolute atomic E-state index is 0.136. The first-order valence-electron chi connectivity index (χ1n) is 4.18. The van der Waals surface area contributed by atoms with Crippen LogP contribution in [0.5, 0.6) is 0 Å². The quantitative estimate of drug-likeness (QED) is 0.566. The van der Waals surface area contributed by atoms with Crippen molar-refractivity contribution in [1.82, 2.24) is 4.90 Å². The molecule has 13 heavy (non-hydrogen) atoms. The van der Waals surface area contributed by atoms with Crippen LogP contribution in [-0.2, 0) is 0 Å². The van der Waals surface area contributed by atoms with Crippen molar-refractivity contribution in [2.45, 2.75) is 13.0 Å². The minimum Gasteiger partial charge on any atom is -0.510 e. The molecule has 0 saturated carbocycles. The zero-order valence-electron chi connectivity index (χ0n) is 7.86. The van der Waals surface area contributed by atoms with Crippen molar-refractivity contribution in [2.75, 3.05) is 20.3 Å². The Bertz CT molecular complexity index is 258. The van der Waals surface area contributed by atoms with Gasteiger partial charge >= 0.3 is 0 Å². The third kappa shape index (κ3) is 1.68. The summed E-state index contributed by atoms with van der Waals surface area (Å²) in [4.78, 5) is 1.79. The molecule has 0 spiro atoms. The Morgan fingerprint density at radius 3 is 2.46 bits per heavy atom. The van der Waals surface area contributed by atoms with Crippen LogP contribution in [0.2, 0.25) is 0 Å². The topological polar surface area (TPSA) is 63.9 Å². The van der Waals surface area contributed by atoms with Gasteiger partial charge in [0, 0.05) is 24.4 Å². The van der Waals surface area contributed by atoms with Gasteiger partial charge in [0.25, 0.3) is 0 Å². The first-order chi connectivity index (χ1) is 6.11. The summed E-state index contributed by atoms with van der Waals surface area (Å²) < 4.78 is 0. The molecule has 4 heteroatoms. The maximum absolute atomic E-state index is 9.64. The summed E-state index contributed by atoms with van der Waals surface area (Å²) in [6, 6.07) is -0.141. The second-order valence-electron chi connectivity index (χ2n) is 3.18. The van der Waals surface area contributed by atoms with Crippen molar-refractivity contribution in [1.29, 1.82) is 0 Å². The molecule has 0 aromatic heterocycles. The van der Waals surface area contributed by atoms with E-state index in [2.05, 4.69) is 0 Å². The highest BCUT2D eigenvalue weighted by Crippen LogP contribution is 2.23. The average molecular weight is 185 g/mol. The van der Waals surface area contributed by atoms with E-state index < -0.39 is 0 Å². The molecule has 0 amide bonds. The lowest BCUT2D eigenvalue weighted by Gasteiger charge is -2.30. The fourth-order valence-electron chi connectivity index (χ4n) is 1.36. The molecule has 0 saturated heterocycles. The fraction of sp³-hybridized carbons (Fsp3) is 0.556. The largest absolute Gasteiger partial charge is 0.510 e. The smallest absolute Gasteiger partial charge is 0.120 e. The van der Waals surface area contributed by atoms with Crippen molar-refractivity contribution in [3.05, 3.63) is 23.1 Å². The summed E-state index contributed by atoms with van der Waals surface area (Å²) in [5.41, 5.74) is 1.01. The van der Waals surface area contributed by atoms with Crippen LogP contribution in [0.1, 0.15) is 6.92 Å². The van der Waals surface area contributed by atoms with Crippen LogP contribution in [0.3, 0.4) is 0 Å². The minimum atomic E-state index is -0.240. The Balaban J connectivity index is 3.04. The zero-order chi connectivity index (χ0) is 10.0. The highest BCUT2D eigenvalue weighted by Gasteiger charge is 2.23. The monoisotopic (exact) mass is 185 g/mol. The third-order valence-electron chi connectivity index (χ3n) is 2.39. The van der Waals surface area contributed by atoms with Crippen LogP contribution in [0, 0.1) is 0 Å². The van der Waals surface area contributed by atoms with E-state index in [-0.39, 0.29) is 25.0 Å². The van der Waals surface area contributed by atoms with E-state index in [1.165, 1.54) is 0 Å². The van der Waals surface area contributed by atoms with Gasteiger partial charge in [-0.1, -0.05) is 0 Å². The van der Waals surface area contributed by atoms with Crippen molar-refractivity contribution >= 4 is 0 Å². The zero-order valence-corrected chi connectivity index (χ0v) is 7.86. The predicted octanol–water partition coefficient (Wildman–Crippen LogP) is 0.000900. The summed E-state index contributed by atoms with van der Waals surface area (Å²) in [5.74, 6) is 0.136. The van der Waals surface area contributed by atoms with Gasteiger partial charge in [0.05, 0.1) is 19.3 Å². The molecule has 1 aliphatic rings. The number of likely N-dealkylation sites (N-methyl/N-ethyl adjacent to an activating group) is 1. The summed E-state index contributed by atoms with van der Waals surface area (Å²) in [6.45, 7) is 1.42. The van der Waals surface area contributed by atoms with Crippen molar-refractivity contribution in [3.8, 4) is 0 Å². The molecule has 0 aromatic carbocycles. The molecular formula is C9H15NO3. The number of aliphatic hydroxyl groups is 3. The molecule has 1 rings (SSSR count). The van der Waals surface area contributed by atoms with Crippen LogP contribution >= 0.6 is 0 Å². The Morgan fingerprint density at radius 1 is 1.38 bits per heavy atom. The molecule has 1 unspecified atom stereocenters. The summed E-state index contributed by atoms with van der Waals surface area (Å²) in [6.07, 6.45) is 1.73. The van der Waals surface area contributed by atoms with Crippen LogP contribution in [0.15, 0.2) is 23.1 Å². The molecular weight excluding hydrogens is 170 g/mol. The molecule has 4 nitrogen and oxygen atoms in total. The van der Waals surface area contributed by atoms with Crippen molar-refractivity contribution in [3.63, 3.8) is 0 Å². The van der Waals surface area contributed by atoms with Gasteiger partial charge in [0.2, 0.25) is 0 Å². The van der Waals surface area contributed by atoms with Crippen LogP contribution < -0.4 is 0 Å². The second-order valence-corrected chi connectivity index (χ2v) is 3.18. The van der Waals surface area contributed by atoms with Crippen molar-refractivity contribution < 1.29 is 15.3 Å². The molecule has 1 atom stereocenters. The highest BCUT2D eigenvalue weighted by molar-refractivity contribution is 5.38. The maximum atomic E-state index is 9.64. The van der Waals surface area contributed by atoms with Crippen LogP contribution in [0.25, 0.3) is 0 Å². The Labute approximate surface area is 77.4 Å². The van der Waals surface area contributed by atoms with E-state index in [9.17, 15) is 5.11 Å². The summed E-state index contributed by atoms with van der Waals surface area (Å²) >= 11 is 0. The Kier molecular flexibility index (Phi) is 2.95. The van der Waals surface area contributed by atoms with E-state index in [1.807, 2.05) is 14.0 Å². The second kappa shape index (κ2) is 3.81. The Morgan fingerprint density at radius 2 is 2.00 bits per heavy atom. The first kappa shape index (κ1) is 10.1. The van der Waals surface area contributed by atoms with Crippen LogP contribution in [0.4, 0.5) is 0 Å². The van der Waals surface area contributed by atoms with E-state index in [4.69, 9.17) is 10.2 Å². The summed E-state index contributed by atoms with van der Waals surface area (Å²) in [7, 11) is 1.81. The molecule has 0 radical (unpaired) electrons. The lowest BCUT2D eigenvalue weighted by molar-refractivity contribution is 0.236. The fourth-order valence-corrected chi connectivity index (χ4v) is 1.36. The van der Waals surface area contributed by atoms with Gasteiger partial charge in [-0.05, 0) is 6.92 Å². The van der Waals surface area contributed by atoms with Gasteiger partial charge in [-0.3, -0.25) is 0 Å². The van der Waals surface area contributed by atoms with Crippen LogP contribution in [-0.4, -0.2) is 46.5 Å². The molecule has 0 aliphatic carbocycles. The lowest BCUT2D eigenvalue weighted by atomic mass is 10.00. The first-order valence-corrected chi connectivity index (χ1v) is 4.18. The average Bonchev–Trinajstić information content (AvgIpc) is 2.13. The van der Waals surface area contributed by atoms with Gasteiger partial charge in [0.15, 0.2) is 0 Å². The molecule has 0 bridgehead atoms. The van der Waals surface area contributed by atoms with E-state index >= 15 is 0 Å². The highest BCUT2D eigenvalue weighted by atomic mass is 16.3. The van der Waals surface area contributed by atoms with Crippen molar-refractivity contribution in [2.24, 2.45) is 0 Å². The van der Waals surface area contributed by atoms with E-state index in [0.29, 0.717) is 11.1 Å². The number of hydrogen-bond acceptors (Lipinski definition) is 4. The lowest BCUT2D eigenvalue weighted by Crippen LogP contribution is -2.32. The molecule has 0 fully saturated rings. The SMILES string of the molecule is CC1C(O)=C(CO)C(CO)=CN1C. The molecule has 3 N–H and O–H groups in total. The molecule has 1 aliphatic heterocycles. The molecule has 0 aromatic rings.